The third kappa shape index (κ3) is 5.50. The van der Waals surface area contributed by atoms with Crippen molar-refractivity contribution in [2.75, 3.05) is 20.7 Å². The highest BCUT2D eigenvalue weighted by Gasteiger charge is 2.28. The standard InChI is InChI=1S/C13H28N2O2/c1-6-11(7-2)15(4)10-8-9-13(3,14)12(16)17-5/h11H,6-10,14H2,1-5H3. The fourth-order valence-corrected chi connectivity index (χ4v) is 2.13. The molecule has 0 saturated heterocycles. The highest BCUT2D eigenvalue weighted by molar-refractivity contribution is 5.79. The van der Waals surface area contributed by atoms with Crippen molar-refractivity contribution in [3.63, 3.8) is 0 Å². The van der Waals surface area contributed by atoms with E-state index in [2.05, 4.69) is 30.5 Å². The molecule has 0 aliphatic carbocycles. The fourth-order valence-electron chi connectivity index (χ4n) is 2.13. The van der Waals surface area contributed by atoms with Crippen molar-refractivity contribution in [1.82, 2.24) is 4.90 Å². The van der Waals surface area contributed by atoms with E-state index in [1.165, 1.54) is 7.11 Å². The van der Waals surface area contributed by atoms with Crippen LogP contribution in [0.25, 0.3) is 0 Å². The van der Waals surface area contributed by atoms with Gasteiger partial charge in [0.15, 0.2) is 0 Å². The number of hydrogen-bond donors (Lipinski definition) is 1. The SMILES string of the molecule is CCC(CC)N(C)CCCC(C)(N)C(=O)OC. The van der Waals surface area contributed by atoms with Gasteiger partial charge in [0.2, 0.25) is 0 Å². The van der Waals surface area contributed by atoms with Crippen molar-refractivity contribution in [1.29, 1.82) is 0 Å². The monoisotopic (exact) mass is 244 g/mol. The molecule has 102 valence electrons. The van der Waals surface area contributed by atoms with Gasteiger partial charge in [-0.2, -0.15) is 0 Å². The van der Waals surface area contributed by atoms with Gasteiger partial charge in [-0.05, 0) is 46.2 Å². The van der Waals surface area contributed by atoms with Gasteiger partial charge in [-0.1, -0.05) is 13.8 Å². The molecule has 0 rings (SSSR count). The summed E-state index contributed by atoms with van der Waals surface area (Å²) in [5.41, 5.74) is 5.05. The highest BCUT2D eigenvalue weighted by Crippen LogP contribution is 2.13. The second-order valence-electron chi connectivity index (χ2n) is 4.96. The molecule has 0 aromatic rings. The molecule has 0 amide bonds. The predicted octanol–water partition coefficient (Wildman–Crippen LogP) is 1.78. The summed E-state index contributed by atoms with van der Waals surface area (Å²) in [4.78, 5) is 13.7. The summed E-state index contributed by atoms with van der Waals surface area (Å²) in [6.45, 7) is 7.10. The molecule has 2 N–H and O–H groups in total. The molecule has 1 unspecified atom stereocenters. The Kier molecular flexibility index (Phi) is 7.39. The van der Waals surface area contributed by atoms with Gasteiger partial charge in [0.05, 0.1) is 7.11 Å². The molecule has 17 heavy (non-hydrogen) atoms. The number of methoxy groups -OCH3 is 1. The Morgan fingerprint density at radius 1 is 1.41 bits per heavy atom. The van der Waals surface area contributed by atoms with Crippen LogP contribution in [0.1, 0.15) is 46.5 Å². The molecule has 0 radical (unpaired) electrons. The summed E-state index contributed by atoms with van der Waals surface area (Å²) >= 11 is 0. The van der Waals surface area contributed by atoms with E-state index in [1.54, 1.807) is 6.92 Å². The first-order valence-electron chi connectivity index (χ1n) is 6.46. The number of carbonyl (C=O) groups is 1. The van der Waals surface area contributed by atoms with E-state index < -0.39 is 5.54 Å². The number of nitrogens with two attached hydrogens (primary N) is 1. The smallest absolute Gasteiger partial charge is 0.325 e. The maximum absolute atomic E-state index is 11.4. The van der Waals surface area contributed by atoms with Crippen molar-refractivity contribution in [3.8, 4) is 0 Å². The minimum absolute atomic E-state index is 0.331. The van der Waals surface area contributed by atoms with Crippen molar-refractivity contribution in [3.05, 3.63) is 0 Å². The fraction of sp³-hybridized carbons (Fsp3) is 0.923. The maximum Gasteiger partial charge on any atom is 0.325 e. The van der Waals surface area contributed by atoms with Crippen LogP contribution in [-0.2, 0) is 9.53 Å². The number of esters is 1. The summed E-state index contributed by atoms with van der Waals surface area (Å²) in [6, 6.07) is 0.622. The van der Waals surface area contributed by atoms with Gasteiger partial charge < -0.3 is 15.4 Å². The van der Waals surface area contributed by atoms with Gasteiger partial charge in [-0.3, -0.25) is 4.79 Å². The molecule has 0 aromatic heterocycles. The first-order chi connectivity index (χ1) is 7.88. The van der Waals surface area contributed by atoms with Crippen LogP contribution in [0.3, 0.4) is 0 Å². The molecule has 4 nitrogen and oxygen atoms in total. The quantitative estimate of drug-likeness (QED) is 0.661. The van der Waals surface area contributed by atoms with Gasteiger partial charge in [0, 0.05) is 6.04 Å². The number of hydrogen-bond acceptors (Lipinski definition) is 4. The van der Waals surface area contributed by atoms with Crippen molar-refractivity contribution < 1.29 is 9.53 Å². The summed E-state index contributed by atoms with van der Waals surface area (Å²) in [5, 5.41) is 0. The second kappa shape index (κ2) is 7.67. The van der Waals surface area contributed by atoms with Crippen molar-refractivity contribution in [2.45, 2.75) is 58.0 Å². The van der Waals surface area contributed by atoms with Crippen LogP contribution in [0, 0.1) is 0 Å². The minimum Gasteiger partial charge on any atom is -0.468 e. The zero-order chi connectivity index (χ0) is 13.5. The maximum atomic E-state index is 11.4. The Morgan fingerprint density at radius 3 is 2.35 bits per heavy atom. The number of carbonyl (C=O) groups excluding carboxylic acids is 1. The molecule has 0 spiro atoms. The van der Waals surface area contributed by atoms with E-state index in [9.17, 15) is 4.79 Å². The van der Waals surface area contributed by atoms with Crippen LogP contribution >= 0.6 is 0 Å². The molecule has 0 aliphatic rings. The van der Waals surface area contributed by atoms with Crippen LogP contribution in [0.4, 0.5) is 0 Å². The van der Waals surface area contributed by atoms with Crippen LogP contribution in [0.15, 0.2) is 0 Å². The van der Waals surface area contributed by atoms with Gasteiger partial charge in [-0.15, -0.1) is 0 Å². The topological polar surface area (TPSA) is 55.6 Å². The Balaban J connectivity index is 4.02. The van der Waals surface area contributed by atoms with E-state index >= 15 is 0 Å². The van der Waals surface area contributed by atoms with Crippen molar-refractivity contribution >= 4 is 5.97 Å². The molecule has 4 heteroatoms. The lowest BCUT2D eigenvalue weighted by Gasteiger charge is -2.28. The van der Waals surface area contributed by atoms with Gasteiger partial charge >= 0.3 is 5.97 Å². The largest absolute Gasteiger partial charge is 0.468 e. The van der Waals surface area contributed by atoms with Crippen molar-refractivity contribution in [2.24, 2.45) is 5.73 Å². The molecule has 1 atom stereocenters. The number of rotatable bonds is 8. The Morgan fingerprint density at radius 2 is 1.94 bits per heavy atom. The lowest BCUT2D eigenvalue weighted by molar-refractivity contribution is -0.146. The number of ether oxygens (including phenoxy) is 1. The van der Waals surface area contributed by atoms with Crippen LogP contribution in [0.5, 0.6) is 0 Å². The Hall–Kier alpha value is -0.610. The second-order valence-corrected chi connectivity index (χ2v) is 4.96. The van der Waals surface area contributed by atoms with E-state index in [-0.39, 0.29) is 5.97 Å². The van der Waals surface area contributed by atoms with E-state index in [0.717, 1.165) is 25.8 Å². The van der Waals surface area contributed by atoms with Crippen LogP contribution < -0.4 is 5.73 Å². The lowest BCUT2D eigenvalue weighted by atomic mass is 9.97. The normalized spacial score (nSPS) is 15.1. The molecular formula is C13H28N2O2. The van der Waals surface area contributed by atoms with E-state index in [4.69, 9.17) is 5.73 Å². The van der Waals surface area contributed by atoms with Crippen LogP contribution in [-0.4, -0.2) is 43.2 Å². The van der Waals surface area contributed by atoms with E-state index in [1.807, 2.05) is 0 Å². The van der Waals surface area contributed by atoms with Gasteiger partial charge in [0.25, 0.3) is 0 Å². The first kappa shape index (κ1) is 16.4. The van der Waals surface area contributed by atoms with E-state index in [0.29, 0.717) is 12.5 Å². The molecule has 0 aromatic carbocycles. The minimum atomic E-state index is -0.858. The Labute approximate surface area is 105 Å². The first-order valence-corrected chi connectivity index (χ1v) is 6.46. The third-order valence-corrected chi connectivity index (χ3v) is 3.42. The van der Waals surface area contributed by atoms with Gasteiger partial charge in [0.1, 0.15) is 5.54 Å². The highest BCUT2D eigenvalue weighted by atomic mass is 16.5. The molecular weight excluding hydrogens is 216 g/mol. The summed E-state index contributed by atoms with van der Waals surface area (Å²) in [7, 11) is 3.51. The average molecular weight is 244 g/mol. The summed E-state index contributed by atoms with van der Waals surface area (Å²) in [6.07, 6.45) is 3.88. The molecule has 0 aliphatic heterocycles. The van der Waals surface area contributed by atoms with Gasteiger partial charge in [-0.25, -0.2) is 0 Å². The molecule has 0 saturated carbocycles. The molecule has 0 heterocycles. The predicted molar refractivity (Wildman–Crippen MR) is 70.8 cm³/mol. The third-order valence-electron chi connectivity index (χ3n) is 3.42. The van der Waals surface area contributed by atoms with Crippen LogP contribution in [0.2, 0.25) is 0 Å². The average Bonchev–Trinajstić information content (AvgIpc) is 2.29. The summed E-state index contributed by atoms with van der Waals surface area (Å²) < 4.78 is 4.68. The Bertz CT molecular complexity index is 225. The number of nitrogens with zero attached hydrogens (tertiary/aromatic N) is 1. The molecule has 0 fully saturated rings. The zero-order valence-corrected chi connectivity index (χ0v) is 12.0. The lowest BCUT2D eigenvalue weighted by Crippen LogP contribution is -2.46. The summed E-state index contributed by atoms with van der Waals surface area (Å²) in [5.74, 6) is -0.331. The molecule has 0 bridgehead atoms. The zero-order valence-electron chi connectivity index (χ0n) is 12.0.